The fraction of sp³-hybridized carbons (Fsp3) is 0.525. The Hall–Kier alpha value is -7.07. The summed E-state index contributed by atoms with van der Waals surface area (Å²) in [5, 5.41) is 37.4. The van der Waals surface area contributed by atoms with Crippen molar-refractivity contribution in [2.45, 2.75) is 140 Å². The second-order valence-electron chi connectivity index (χ2n) is 24.0. The van der Waals surface area contributed by atoms with Gasteiger partial charge in [0.1, 0.15) is 23.8 Å². The smallest absolute Gasteiger partial charge is 0.243 e. The highest BCUT2D eigenvalue weighted by molar-refractivity contribution is 7.13. The van der Waals surface area contributed by atoms with Crippen LogP contribution in [-0.4, -0.2) is 152 Å². The molecule has 2 amide bonds. The Morgan fingerprint density at radius 2 is 1.61 bits per heavy atom. The number of para-hydroxylation sites is 1. The van der Waals surface area contributed by atoms with Crippen molar-refractivity contribution in [3.63, 3.8) is 0 Å². The molecule has 4 aromatic heterocycles. The number of likely N-dealkylation sites (tertiary alicyclic amines) is 2. The molecule has 1 aliphatic carbocycles. The van der Waals surface area contributed by atoms with Crippen LogP contribution < -0.4 is 36.2 Å². The molecule has 6 aromatic rings. The number of phenolic OH excluding ortho intramolecular Hbond substituents is 1. The number of benzene rings is 2. The van der Waals surface area contributed by atoms with Crippen molar-refractivity contribution in [3.8, 4) is 33.3 Å². The van der Waals surface area contributed by atoms with Gasteiger partial charge in [0.15, 0.2) is 17.4 Å². The van der Waals surface area contributed by atoms with Gasteiger partial charge in [0.25, 0.3) is 0 Å². The number of amides is 2. The third kappa shape index (κ3) is 11.7. The number of aryl methyl sites for hydroxylation is 1. The fourth-order valence-corrected chi connectivity index (χ4v) is 14.4. The van der Waals surface area contributed by atoms with Crippen LogP contribution in [-0.2, 0) is 14.3 Å². The number of hydrogen-bond donors (Lipinski definition) is 5. The summed E-state index contributed by atoms with van der Waals surface area (Å²) in [6, 6.07) is 20.3. The molecule has 2 aromatic carbocycles. The number of nitrogens with two attached hydrogens (primary N) is 2. The lowest BCUT2D eigenvalue weighted by Gasteiger charge is -2.43. The number of anilines is 5. The number of nitrogens with zero attached hydrogens (tertiary/aromatic N) is 10. The van der Waals surface area contributed by atoms with E-state index in [0.717, 1.165) is 136 Å². The summed E-state index contributed by atoms with van der Waals surface area (Å²) in [7, 11) is 0. The second-order valence-corrected chi connectivity index (χ2v) is 24.9. The number of pyridine rings is 1. The van der Waals surface area contributed by atoms with Gasteiger partial charge in [-0.3, -0.25) is 9.59 Å². The van der Waals surface area contributed by atoms with Crippen molar-refractivity contribution < 1.29 is 33.8 Å². The van der Waals surface area contributed by atoms with Gasteiger partial charge in [-0.1, -0.05) is 43.3 Å². The highest BCUT2D eigenvalue weighted by Crippen LogP contribution is 2.41. The van der Waals surface area contributed by atoms with Crippen LogP contribution in [0, 0.1) is 18.8 Å². The van der Waals surface area contributed by atoms with E-state index in [0.29, 0.717) is 52.4 Å². The van der Waals surface area contributed by atoms with Crippen molar-refractivity contribution in [1.29, 1.82) is 0 Å². The number of piperidine rings is 2. The average Bonchev–Trinajstić information content (AvgIpc) is 3.95. The Morgan fingerprint density at radius 3 is 2.33 bits per heavy atom. The highest BCUT2D eigenvalue weighted by atomic mass is 32.1. The monoisotopic (exact) mass is 1140 g/mol. The predicted octanol–water partition coefficient (Wildman–Crippen LogP) is 7.57. The summed E-state index contributed by atoms with van der Waals surface area (Å²) in [5.41, 5.74) is 21.2. The molecular weight excluding hydrogens is 1060 g/mol. The molecule has 6 aliphatic rings. The van der Waals surface area contributed by atoms with Gasteiger partial charge in [-0.2, -0.15) is 0 Å². The fourth-order valence-electron chi connectivity index (χ4n) is 13.6. The number of nitrogen functional groups attached to an aromatic ring is 2. The molecule has 2 bridgehead atoms. The first-order valence-corrected chi connectivity index (χ1v) is 30.3. The van der Waals surface area contributed by atoms with Crippen molar-refractivity contribution in [2.24, 2.45) is 11.8 Å². The van der Waals surface area contributed by atoms with Crippen molar-refractivity contribution in [2.75, 3.05) is 78.5 Å². The Morgan fingerprint density at radius 1 is 0.841 bits per heavy atom. The Kier molecular flexibility index (Phi) is 16.0. The molecule has 5 aliphatic heterocycles. The van der Waals surface area contributed by atoms with Crippen LogP contribution in [0.5, 0.6) is 11.6 Å². The number of β-amino-alcohol motifs (C(OH)–C–C–N with tert-alkyl or cyclic N) is 1. The quantitative estimate of drug-likeness (QED) is 0.0552. The molecule has 6 fully saturated rings. The number of aliphatic hydroxyl groups excluding tert-OH is 1. The summed E-state index contributed by atoms with van der Waals surface area (Å²) in [4.78, 5) is 49.6. The molecular formula is C61H77N13O7S. The van der Waals surface area contributed by atoms with E-state index in [1.165, 1.54) is 4.90 Å². The largest absolute Gasteiger partial charge is 0.507 e. The summed E-state index contributed by atoms with van der Waals surface area (Å²) < 4.78 is 19.1. The lowest BCUT2D eigenvalue weighted by atomic mass is 9.91. The van der Waals surface area contributed by atoms with Crippen LogP contribution in [0.2, 0.25) is 0 Å². The average molecular weight is 1140 g/mol. The zero-order valence-electron chi connectivity index (χ0n) is 47.3. The maximum Gasteiger partial charge on any atom is 0.243 e. The van der Waals surface area contributed by atoms with Gasteiger partial charge in [0.05, 0.1) is 51.8 Å². The van der Waals surface area contributed by atoms with Crippen LogP contribution in [0.25, 0.3) is 21.7 Å². The number of nitrogens with one attached hydrogen (secondary N) is 1. The van der Waals surface area contributed by atoms with Crippen LogP contribution in [0.3, 0.4) is 0 Å². The Balaban J connectivity index is 0.567. The topological polar surface area (TPSA) is 251 Å². The summed E-state index contributed by atoms with van der Waals surface area (Å²) in [6.45, 7) is 14.3. The number of carbonyl (C=O) groups excluding carboxylic acids is 2. The molecule has 434 valence electrons. The minimum Gasteiger partial charge on any atom is -0.507 e. The minimum absolute atomic E-state index is 0.0588. The molecule has 9 heterocycles. The number of aromatic hydroxyl groups is 1. The first-order chi connectivity index (χ1) is 39.7. The molecule has 7 N–H and O–H groups in total. The van der Waals surface area contributed by atoms with Crippen molar-refractivity contribution in [1.82, 2.24) is 40.4 Å². The molecule has 82 heavy (non-hydrogen) atoms. The maximum atomic E-state index is 14.4. The van der Waals surface area contributed by atoms with Crippen LogP contribution in [0.15, 0.2) is 83.0 Å². The van der Waals surface area contributed by atoms with Gasteiger partial charge in [-0.15, -0.1) is 21.5 Å². The lowest BCUT2D eigenvalue weighted by molar-refractivity contribution is -0.141. The number of phenols is 1. The molecule has 5 saturated heterocycles. The minimum atomic E-state index is -0.846. The van der Waals surface area contributed by atoms with Gasteiger partial charge < -0.3 is 65.5 Å². The number of fused-ring (bicyclic) bond motifs is 2. The van der Waals surface area contributed by atoms with Gasteiger partial charge >= 0.3 is 0 Å². The SMILES string of the molecule is Cc1ncsc1-c1ccc([C@H](C)NC(=O)[C@@H]2C[C@@H](O)CN2C(=O)[C@@H](c2cc(N3CCC(CN4CCC(O[C@H]5C[C@H](Oc6cc(N7C8CCC7CN(c7cc(-c9ccccc9O)nnc7N)C8)ccn6)C5)CC4)CC3)no2)C(C)C)c(N)c1. The number of aromatic nitrogens is 5. The van der Waals surface area contributed by atoms with E-state index < -0.39 is 24.1 Å². The highest BCUT2D eigenvalue weighted by Gasteiger charge is 2.45. The molecule has 21 heteroatoms. The molecule has 6 atom stereocenters. The van der Waals surface area contributed by atoms with Crippen LogP contribution >= 0.6 is 11.3 Å². The van der Waals surface area contributed by atoms with Crippen molar-refractivity contribution in [3.05, 3.63) is 95.5 Å². The summed E-state index contributed by atoms with van der Waals surface area (Å²) >= 11 is 1.55. The van der Waals surface area contributed by atoms with Gasteiger partial charge in [-0.25, -0.2) is 9.97 Å². The van der Waals surface area contributed by atoms with Gasteiger partial charge in [0.2, 0.25) is 17.7 Å². The third-order valence-electron chi connectivity index (χ3n) is 18.1. The maximum absolute atomic E-state index is 14.4. The van der Waals surface area contributed by atoms with E-state index in [2.05, 4.69) is 62.4 Å². The molecule has 0 spiro atoms. The second kappa shape index (κ2) is 23.7. The van der Waals surface area contributed by atoms with Gasteiger partial charge in [-0.05, 0) is 106 Å². The Bertz CT molecular complexity index is 3210. The predicted molar refractivity (Wildman–Crippen MR) is 316 cm³/mol. The van der Waals surface area contributed by atoms with E-state index in [9.17, 15) is 19.8 Å². The zero-order valence-corrected chi connectivity index (χ0v) is 48.2. The van der Waals surface area contributed by atoms with E-state index in [1.54, 1.807) is 23.5 Å². The van der Waals surface area contributed by atoms with Gasteiger partial charge in [0, 0.05) is 119 Å². The first-order valence-electron chi connectivity index (χ1n) is 29.4. The number of thiazole rings is 1. The van der Waals surface area contributed by atoms with Crippen LogP contribution in [0.1, 0.15) is 108 Å². The number of carbonyl (C=O) groups is 2. The van der Waals surface area contributed by atoms with E-state index >= 15 is 0 Å². The van der Waals surface area contributed by atoms with E-state index in [1.807, 2.05) is 81.9 Å². The molecule has 20 nitrogen and oxygen atoms in total. The standard InChI is InChI=1S/C61H77N13O7S/c1-35(2)57(61(78)73-33-43(75)25-52(73)60(77)66-36(3)47-12-9-39(23-49(47)62)58-37(4)65-34-82-58)54-29-55(69-81-54)71-21-14-38(15-22-71)30-70-19-16-44(17-20-70)79-45-26-46(27-45)80-56-24-40(13-18-64-56)74-41-10-11-42(74)32-72(31-41)51-28-50(67-68-59(51)63)48-7-5-6-8-53(48)76/h5-9,12-13,18,23-24,28-29,34-36,38,41-46,52,57,75-76H,10-11,14-17,19-22,25-27,30-33,62H2,1-4H3,(H2,63,68)(H,66,77)/t36-,41?,42?,43+,45-,46-,52-,57+/m0/s1. The molecule has 0 radical (unpaired) electrons. The van der Waals surface area contributed by atoms with E-state index in [4.69, 9.17) is 25.5 Å². The zero-order chi connectivity index (χ0) is 56.8. The Labute approximate surface area is 483 Å². The molecule has 2 unspecified atom stereocenters. The van der Waals surface area contributed by atoms with E-state index in [-0.39, 0.29) is 54.8 Å². The summed E-state index contributed by atoms with van der Waals surface area (Å²) in [5.74, 6) is 1.56. The van der Waals surface area contributed by atoms with Crippen LogP contribution in [0.4, 0.5) is 28.7 Å². The number of aliphatic hydroxyl groups is 1. The summed E-state index contributed by atoms with van der Waals surface area (Å²) in [6.07, 6.45) is 9.73. The number of hydrogen-bond acceptors (Lipinski definition) is 19. The van der Waals surface area contributed by atoms with Crippen molar-refractivity contribution >= 4 is 51.8 Å². The molecule has 12 rings (SSSR count). The lowest BCUT2D eigenvalue weighted by Crippen LogP contribution is -2.54. The number of piperazine rings is 1. The normalized spacial score (nSPS) is 24.2. The number of ether oxygens (including phenoxy) is 2. The molecule has 1 saturated carbocycles. The first kappa shape index (κ1) is 55.5. The third-order valence-corrected chi connectivity index (χ3v) is 19.1. The number of rotatable bonds is 17.